The molecule has 1 rings (SSSR count). The highest BCUT2D eigenvalue weighted by molar-refractivity contribution is 6.15. The topological polar surface area (TPSA) is 3.01 Å². The van der Waals surface area contributed by atoms with Gasteiger partial charge in [0.05, 0.1) is 0 Å². The average molecular weight is 91.5 g/mol. The summed E-state index contributed by atoms with van der Waals surface area (Å²) in [7, 11) is 0. The van der Waals surface area contributed by atoms with E-state index in [9.17, 15) is 0 Å². The number of hydrogen-bond donors (Lipinski definition) is 0. The molecule has 0 saturated carbocycles. The summed E-state index contributed by atoms with van der Waals surface area (Å²) in [6.07, 6.45) is 0. The molecule has 0 N–H and O–H groups in total. The molecule has 1 heterocycles. The van der Waals surface area contributed by atoms with Gasteiger partial charge in [0.1, 0.15) is 0 Å². The number of nitrogens with zero attached hydrogens (tertiary/aromatic N) is 1. The first-order valence-corrected chi connectivity index (χ1v) is 2.07. The Labute approximate surface area is 36.6 Å². The van der Waals surface area contributed by atoms with E-state index in [1.54, 1.807) is 4.42 Å². The van der Waals surface area contributed by atoms with Gasteiger partial charge in [-0.2, -0.15) is 0 Å². The number of halogens is 1. The molecule has 0 aromatic heterocycles. The summed E-state index contributed by atoms with van der Waals surface area (Å²) in [4.78, 5) is 0. The lowest BCUT2D eigenvalue weighted by Crippen LogP contribution is -1.73. The van der Waals surface area contributed by atoms with Crippen LogP contribution in [0, 0.1) is 0 Å². The Morgan fingerprint density at radius 2 is 2.20 bits per heavy atom. The first kappa shape index (κ1) is 3.44. The highest BCUT2D eigenvalue weighted by Gasteiger charge is 2.25. The lowest BCUT2D eigenvalue weighted by molar-refractivity contribution is 0.828. The van der Waals surface area contributed by atoms with Gasteiger partial charge in [-0.15, -0.1) is 0 Å². The Morgan fingerprint density at radius 1 is 2.00 bits per heavy atom. The van der Waals surface area contributed by atoms with E-state index >= 15 is 0 Å². The number of hydrogen-bond acceptors (Lipinski definition) is 1. The van der Waals surface area contributed by atoms with Gasteiger partial charge in [0, 0.05) is 12.6 Å². The lowest BCUT2D eigenvalue weighted by Gasteiger charge is -1.70. The summed E-state index contributed by atoms with van der Waals surface area (Å²) < 4.78 is 1.76. The van der Waals surface area contributed by atoms with Crippen molar-refractivity contribution in [1.82, 2.24) is 4.42 Å². The molecular weight excluding hydrogens is 85.5 g/mol. The molecule has 0 aliphatic carbocycles. The molecule has 1 nitrogen and oxygen atoms in total. The van der Waals surface area contributed by atoms with Crippen molar-refractivity contribution in [2.75, 3.05) is 6.54 Å². The van der Waals surface area contributed by atoms with Gasteiger partial charge in [0.25, 0.3) is 0 Å². The molecule has 0 aromatic rings. The van der Waals surface area contributed by atoms with Crippen LogP contribution in [0.15, 0.2) is 0 Å². The molecule has 2 unspecified atom stereocenters. The monoisotopic (exact) mass is 91.0 g/mol. The Morgan fingerprint density at radius 3 is 2.20 bits per heavy atom. The van der Waals surface area contributed by atoms with E-state index in [-0.39, 0.29) is 0 Å². The van der Waals surface area contributed by atoms with E-state index in [4.69, 9.17) is 11.8 Å². The summed E-state index contributed by atoms with van der Waals surface area (Å²) in [5.74, 6) is 0. The third-order valence-electron chi connectivity index (χ3n) is 0.783. The highest BCUT2D eigenvalue weighted by Crippen LogP contribution is 2.17. The summed E-state index contributed by atoms with van der Waals surface area (Å²) in [6.45, 7) is 3.16. The third kappa shape index (κ3) is 0.551. The Hall–Kier alpha value is 0.250. The summed E-state index contributed by atoms with van der Waals surface area (Å²) >= 11 is 5.37. The molecule has 1 saturated heterocycles. The zero-order valence-corrected chi connectivity index (χ0v) is 3.87. The van der Waals surface area contributed by atoms with Crippen LogP contribution >= 0.6 is 11.8 Å². The third-order valence-corrected chi connectivity index (χ3v) is 1.25. The molecule has 2 atom stereocenters. The van der Waals surface area contributed by atoms with Crippen molar-refractivity contribution in [2.24, 2.45) is 0 Å². The van der Waals surface area contributed by atoms with Crippen LogP contribution in [0.5, 0.6) is 0 Å². The minimum absolute atomic E-state index is 0.650. The van der Waals surface area contributed by atoms with Gasteiger partial charge < -0.3 is 0 Å². The van der Waals surface area contributed by atoms with E-state index in [1.165, 1.54) is 0 Å². The van der Waals surface area contributed by atoms with Gasteiger partial charge in [-0.3, -0.25) is 0 Å². The van der Waals surface area contributed by atoms with Crippen molar-refractivity contribution < 1.29 is 0 Å². The maximum Gasteiger partial charge on any atom is 0.0364 e. The van der Waals surface area contributed by atoms with Crippen molar-refractivity contribution in [1.29, 1.82) is 0 Å². The van der Waals surface area contributed by atoms with E-state index in [0.717, 1.165) is 6.54 Å². The molecule has 0 spiro atoms. The van der Waals surface area contributed by atoms with Gasteiger partial charge >= 0.3 is 0 Å². The van der Waals surface area contributed by atoms with Crippen LogP contribution in [0.25, 0.3) is 0 Å². The first-order chi connectivity index (χ1) is 2.30. The van der Waals surface area contributed by atoms with Gasteiger partial charge in [0.2, 0.25) is 0 Å². The zero-order valence-electron chi connectivity index (χ0n) is 3.11. The first-order valence-electron chi connectivity index (χ1n) is 1.73. The zero-order chi connectivity index (χ0) is 3.86. The molecule has 30 valence electrons. The average Bonchev–Trinajstić information content (AvgIpc) is 1.79. The predicted octanol–water partition coefficient (Wildman–Crippen LogP) is 0.844. The molecular formula is C3H6ClN. The standard InChI is InChI=1S/C3H6ClN/c1-3-2-5(3)4/h3H,2H2,1H3. The molecule has 0 aromatic carbocycles. The molecule has 1 aliphatic heterocycles. The molecule has 1 fully saturated rings. The second-order valence-corrected chi connectivity index (χ2v) is 1.87. The van der Waals surface area contributed by atoms with Crippen molar-refractivity contribution >= 4 is 11.8 Å². The maximum atomic E-state index is 5.37. The second-order valence-electron chi connectivity index (χ2n) is 1.43. The molecule has 0 radical (unpaired) electrons. The predicted molar refractivity (Wildman–Crippen MR) is 22.0 cm³/mol. The highest BCUT2D eigenvalue weighted by atomic mass is 35.5. The minimum atomic E-state index is 0.650. The largest absolute Gasteiger partial charge is 0.214 e. The van der Waals surface area contributed by atoms with Crippen LogP contribution in [0.3, 0.4) is 0 Å². The summed E-state index contributed by atoms with van der Waals surface area (Å²) in [5, 5.41) is 0. The van der Waals surface area contributed by atoms with Crippen LogP contribution in [-0.4, -0.2) is 17.0 Å². The second kappa shape index (κ2) is 0.854. The van der Waals surface area contributed by atoms with Gasteiger partial charge in [0.15, 0.2) is 0 Å². The van der Waals surface area contributed by atoms with E-state index in [0.29, 0.717) is 6.04 Å². The van der Waals surface area contributed by atoms with Crippen LogP contribution < -0.4 is 0 Å². The molecule has 1 aliphatic rings. The van der Waals surface area contributed by atoms with Crippen molar-refractivity contribution in [3.8, 4) is 0 Å². The number of rotatable bonds is 0. The van der Waals surface area contributed by atoms with E-state index < -0.39 is 0 Å². The minimum Gasteiger partial charge on any atom is -0.214 e. The lowest BCUT2D eigenvalue weighted by atomic mass is 10.6. The van der Waals surface area contributed by atoms with Crippen LogP contribution in [0.1, 0.15) is 6.92 Å². The molecule has 0 bridgehead atoms. The van der Waals surface area contributed by atoms with Gasteiger partial charge in [-0.1, -0.05) is 0 Å². The molecule has 2 heteroatoms. The SMILES string of the molecule is CC1CN1Cl. The summed E-state index contributed by atoms with van der Waals surface area (Å²) in [6, 6.07) is 0.650. The van der Waals surface area contributed by atoms with Crippen LogP contribution in [-0.2, 0) is 0 Å². The van der Waals surface area contributed by atoms with Crippen molar-refractivity contribution in [3.05, 3.63) is 0 Å². The fraction of sp³-hybridized carbons (Fsp3) is 1.00. The maximum absolute atomic E-state index is 5.37. The Bertz CT molecular complexity index is 40.2. The molecule has 5 heavy (non-hydrogen) atoms. The quantitative estimate of drug-likeness (QED) is 0.315. The van der Waals surface area contributed by atoms with Crippen molar-refractivity contribution in [3.63, 3.8) is 0 Å². The fourth-order valence-corrected chi connectivity index (χ4v) is 0.405. The van der Waals surface area contributed by atoms with E-state index in [2.05, 4.69) is 6.92 Å². The normalized spacial score (nSPS) is 49.2. The molecule has 0 amide bonds. The Balaban J connectivity index is 2.20. The fourth-order valence-electron chi connectivity index (χ4n) is 0.205. The van der Waals surface area contributed by atoms with Gasteiger partial charge in [-0.25, -0.2) is 4.42 Å². The van der Waals surface area contributed by atoms with Gasteiger partial charge in [-0.05, 0) is 18.7 Å². The smallest absolute Gasteiger partial charge is 0.0364 e. The van der Waals surface area contributed by atoms with E-state index in [1.807, 2.05) is 0 Å². The summed E-state index contributed by atoms with van der Waals surface area (Å²) in [5.41, 5.74) is 0. The van der Waals surface area contributed by atoms with Crippen LogP contribution in [0.4, 0.5) is 0 Å². The van der Waals surface area contributed by atoms with Crippen LogP contribution in [0.2, 0.25) is 0 Å². The Kier molecular flexibility index (Phi) is 0.588. The van der Waals surface area contributed by atoms with Crippen molar-refractivity contribution in [2.45, 2.75) is 13.0 Å².